The van der Waals surface area contributed by atoms with Gasteiger partial charge in [0.2, 0.25) is 0 Å². The maximum absolute atomic E-state index is 12.1. The van der Waals surface area contributed by atoms with Crippen LogP contribution in [0.25, 0.3) is 11.3 Å². The average Bonchev–Trinajstić information content (AvgIpc) is 3.20. The number of Topliss-reactive ketones (excluding diaryl/α,β-unsaturated/α-hetero) is 1. The number of benzene rings is 2. The third-order valence-corrected chi connectivity index (χ3v) is 5.03. The average molecular weight is 394 g/mol. The van der Waals surface area contributed by atoms with Gasteiger partial charge in [-0.1, -0.05) is 38.1 Å². The number of aromatic nitrogens is 1. The molecule has 3 rings (SSSR count). The minimum absolute atomic E-state index is 0.0770. The molecule has 0 fully saturated rings. The van der Waals surface area contributed by atoms with Gasteiger partial charge in [0.15, 0.2) is 17.5 Å². The molecular weight excluding hydrogens is 372 g/mol. The highest BCUT2D eigenvalue weighted by Crippen LogP contribution is 2.25. The Kier molecular flexibility index (Phi) is 6.55. The number of amides is 1. The SMILES string of the molecule is CCC(=O)c1ccc(OCC(=O)Nc2nc(-c3ccc(CC)cc3)cs2)cc1. The van der Waals surface area contributed by atoms with Crippen molar-refractivity contribution in [3.63, 3.8) is 0 Å². The Morgan fingerprint density at radius 2 is 1.75 bits per heavy atom. The number of rotatable bonds is 8. The lowest BCUT2D eigenvalue weighted by Crippen LogP contribution is -2.20. The summed E-state index contributed by atoms with van der Waals surface area (Å²) in [6, 6.07) is 15.0. The number of ketones is 1. The third-order valence-electron chi connectivity index (χ3n) is 4.28. The van der Waals surface area contributed by atoms with Crippen LogP contribution in [-0.4, -0.2) is 23.3 Å². The van der Waals surface area contributed by atoms with Gasteiger partial charge in [-0.2, -0.15) is 0 Å². The van der Waals surface area contributed by atoms with Gasteiger partial charge in [-0.25, -0.2) is 4.98 Å². The van der Waals surface area contributed by atoms with Crippen LogP contribution in [0, 0.1) is 0 Å². The van der Waals surface area contributed by atoms with Crippen LogP contribution >= 0.6 is 11.3 Å². The van der Waals surface area contributed by atoms with Crippen LogP contribution in [0.15, 0.2) is 53.9 Å². The topological polar surface area (TPSA) is 68.3 Å². The molecule has 0 aliphatic rings. The largest absolute Gasteiger partial charge is 0.484 e. The van der Waals surface area contributed by atoms with E-state index in [0.717, 1.165) is 17.7 Å². The van der Waals surface area contributed by atoms with Crippen LogP contribution in [0.4, 0.5) is 5.13 Å². The van der Waals surface area contributed by atoms with Crippen molar-refractivity contribution in [1.29, 1.82) is 0 Å². The van der Waals surface area contributed by atoms with Crippen molar-refractivity contribution in [1.82, 2.24) is 4.98 Å². The molecule has 5 nitrogen and oxygen atoms in total. The van der Waals surface area contributed by atoms with Gasteiger partial charge in [0, 0.05) is 22.9 Å². The van der Waals surface area contributed by atoms with E-state index in [1.165, 1.54) is 16.9 Å². The number of hydrogen-bond acceptors (Lipinski definition) is 5. The van der Waals surface area contributed by atoms with E-state index in [-0.39, 0.29) is 18.3 Å². The fourth-order valence-electron chi connectivity index (χ4n) is 2.62. The summed E-state index contributed by atoms with van der Waals surface area (Å²) < 4.78 is 5.48. The number of aryl methyl sites for hydroxylation is 1. The number of nitrogens with zero attached hydrogens (tertiary/aromatic N) is 1. The fraction of sp³-hybridized carbons (Fsp3) is 0.227. The summed E-state index contributed by atoms with van der Waals surface area (Å²) in [4.78, 5) is 28.2. The zero-order chi connectivity index (χ0) is 19.9. The monoisotopic (exact) mass is 394 g/mol. The molecule has 0 bridgehead atoms. The quantitative estimate of drug-likeness (QED) is 0.547. The Bertz CT molecular complexity index is 947. The number of thiazole rings is 1. The highest BCUT2D eigenvalue weighted by molar-refractivity contribution is 7.14. The summed E-state index contributed by atoms with van der Waals surface area (Å²) in [5, 5.41) is 5.20. The molecule has 1 amide bonds. The van der Waals surface area contributed by atoms with E-state index < -0.39 is 0 Å². The predicted molar refractivity (Wildman–Crippen MR) is 112 cm³/mol. The van der Waals surface area contributed by atoms with Crippen molar-refractivity contribution in [3.05, 3.63) is 65.0 Å². The van der Waals surface area contributed by atoms with Crippen molar-refractivity contribution < 1.29 is 14.3 Å². The molecule has 1 aromatic heterocycles. The standard InChI is InChI=1S/C22H22N2O3S/c1-3-15-5-7-16(8-6-15)19-14-28-22(23-19)24-21(26)13-27-18-11-9-17(10-12-18)20(25)4-2/h5-12,14H,3-4,13H2,1-2H3,(H,23,24,26). The number of ether oxygens (including phenoxy) is 1. The van der Waals surface area contributed by atoms with Crippen LogP contribution in [0.3, 0.4) is 0 Å². The zero-order valence-corrected chi connectivity index (χ0v) is 16.7. The smallest absolute Gasteiger partial charge is 0.264 e. The summed E-state index contributed by atoms with van der Waals surface area (Å²) in [5.41, 5.74) is 3.77. The number of anilines is 1. The highest BCUT2D eigenvalue weighted by Gasteiger charge is 2.09. The van der Waals surface area contributed by atoms with Gasteiger partial charge in [-0.05, 0) is 36.2 Å². The second-order valence-electron chi connectivity index (χ2n) is 6.23. The van der Waals surface area contributed by atoms with Crippen LogP contribution in [0.1, 0.15) is 36.2 Å². The minimum Gasteiger partial charge on any atom is -0.484 e. The summed E-state index contributed by atoms with van der Waals surface area (Å²) in [6.45, 7) is 3.81. The van der Waals surface area contributed by atoms with Crippen LogP contribution < -0.4 is 10.1 Å². The molecule has 0 saturated heterocycles. The lowest BCUT2D eigenvalue weighted by atomic mass is 10.1. The summed E-state index contributed by atoms with van der Waals surface area (Å²) in [5.74, 6) is 0.336. The van der Waals surface area contributed by atoms with Gasteiger partial charge in [0.25, 0.3) is 5.91 Å². The highest BCUT2D eigenvalue weighted by atomic mass is 32.1. The van der Waals surface area contributed by atoms with Crippen molar-refractivity contribution in [2.75, 3.05) is 11.9 Å². The Morgan fingerprint density at radius 1 is 1.04 bits per heavy atom. The molecule has 144 valence electrons. The van der Waals surface area contributed by atoms with Gasteiger partial charge in [-0.15, -0.1) is 11.3 Å². The molecule has 0 aliphatic heterocycles. The van der Waals surface area contributed by atoms with Gasteiger partial charge in [0.1, 0.15) is 5.75 Å². The van der Waals surface area contributed by atoms with Crippen LogP contribution in [0.5, 0.6) is 5.75 Å². The zero-order valence-electron chi connectivity index (χ0n) is 15.9. The molecule has 1 heterocycles. The Labute approximate surface area is 168 Å². The van der Waals surface area contributed by atoms with Crippen LogP contribution in [0.2, 0.25) is 0 Å². The number of carbonyl (C=O) groups is 2. The summed E-state index contributed by atoms with van der Waals surface area (Å²) in [6.07, 6.45) is 1.46. The normalized spacial score (nSPS) is 10.5. The molecule has 0 radical (unpaired) electrons. The number of nitrogens with one attached hydrogen (secondary N) is 1. The van der Waals surface area contributed by atoms with Gasteiger partial charge in [0.05, 0.1) is 5.69 Å². The lowest BCUT2D eigenvalue weighted by Gasteiger charge is -2.06. The second kappa shape index (κ2) is 9.28. The van der Waals surface area contributed by atoms with Crippen molar-refractivity contribution in [2.24, 2.45) is 0 Å². The fourth-order valence-corrected chi connectivity index (χ4v) is 3.36. The van der Waals surface area contributed by atoms with Gasteiger partial charge in [-0.3, -0.25) is 14.9 Å². The van der Waals surface area contributed by atoms with E-state index >= 15 is 0 Å². The van der Waals surface area contributed by atoms with E-state index in [0.29, 0.717) is 22.9 Å². The molecule has 0 spiro atoms. The van der Waals surface area contributed by atoms with Gasteiger partial charge < -0.3 is 4.74 Å². The van der Waals surface area contributed by atoms with Crippen molar-refractivity contribution in [3.8, 4) is 17.0 Å². The van der Waals surface area contributed by atoms with Gasteiger partial charge >= 0.3 is 0 Å². The molecule has 3 aromatic rings. The number of carbonyl (C=O) groups excluding carboxylic acids is 2. The molecule has 2 aromatic carbocycles. The molecule has 0 atom stereocenters. The van der Waals surface area contributed by atoms with E-state index in [4.69, 9.17) is 4.74 Å². The molecule has 0 aliphatic carbocycles. The van der Waals surface area contributed by atoms with Crippen molar-refractivity contribution in [2.45, 2.75) is 26.7 Å². The molecule has 1 N–H and O–H groups in total. The third kappa shape index (κ3) is 5.04. The van der Waals surface area contributed by atoms with E-state index in [2.05, 4.69) is 29.4 Å². The Balaban J connectivity index is 1.53. The molecule has 0 unspecified atom stereocenters. The lowest BCUT2D eigenvalue weighted by molar-refractivity contribution is -0.118. The van der Waals surface area contributed by atoms with E-state index in [1.54, 1.807) is 24.3 Å². The minimum atomic E-state index is -0.282. The first-order valence-corrected chi connectivity index (χ1v) is 10.1. The molecule has 6 heteroatoms. The maximum atomic E-state index is 12.1. The van der Waals surface area contributed by atoms with Crippen LogP contribution in [-0.2, 0) is 11.2 Å². The first-order chi connectivity index (χ1) is 13.6. The maximum Gasteiger partial charge on any atom is 0.264 e. The van der Waals surface area contributed by atoms with E-state index in [1.807, 2.05) is 24.4 Å². The molecule has 28 heavy (non-hydrogen) atoms. The molecular formula is C22H22N2O3S. The first kappa shape index (κ1) is 19.8. The Hall–Kier alpha value is -2.99. The summed E-state index contributed by atoms with van der Waals surface area (Å²) >= 11 is 1.38. The molecule has 0 saturated carbocycles. The predicted octanol–water partition coefficient (Wildman–Crippen LogP) is 4.98. The second-order valence-corrected chi connectivity index (χ2v) is 7.08. The first-order valence-electron chi connectivity index (χ1n) is 9.19. The number of hydrogen-bond donors (Lipinski definition) is 1. The van der Waals surface area contributed by atoms with Crippen molar-refractivity contribution >= 4 is 28.2 Å². The van der Waals surface area contributed by atoms with E-state index in [9.17, 15) is 9.59 Å². The Morgan fingerprint density at radius 3 is 2.39 bits per heavy atom. The summed E-state index contributed by atoms with van der Waals surface area (Å²) in [7, 11) is 0.